The van der Waals surface area contributed by atoms with Crippen molar-refractivity contribution < 1.29 is 4.42 Å². The van der Waals surface area contributed by atoms with Gasteiger partial charge in [-0.1, -0.05) is 208 Å². The number of fused-ring (bicyclic) bond motifs is 7. The Kier molecular flexibility index (Phi) is 12.5. The first-order chi connectivity index (χ1) is 37.7. The summed E-state index contributed by atoms with van der Waals surface area (Å²) in [6.45, 7) is 38.0. The SMILES string of the molecule is CC(C)(C)c1ccc(N(c2ccc(C(C)(C)C)cc2)c2ccc3c(c2)-c2cc(C(C)(C)C)cc4c2B(c2oc5ccccc5c2N4Cc2ccc(C(C)(C)C)cc2-c2ccccc2)N3c2ccc3c(c2)C(C)(C)CCC3(C)C)cc1. The highest BCUT2D eigenvalue weighted by atomic mass is 16.3. The minimum Gasteiger partial charge on any atom is -0.466 e. The van der Waals surface area contributed by atoms with E-state index in [0.717, 1.165) is 52.2 Å². The molecule has 2 aliphatic heterocycles. The van der Waals surface area contributed by atoms with Crippen LogP contribution in [0.15, 0.2) is 174 Å². The molecule has 0 amide bonds. The first-order valence-electron chi connectivity index (χ1n) is 29.4. The summed E-state index contributed by atoms with van der Waals surface area (Å²) in [6, 6.07) is 65.3. The quantitative estimate of drug-likeness (QED) is 0.148. The third kappa shape index (κ3) is 9.17. The number of furan rings is 1. The van der Waals surface area contributed by atoms with E-state index < -0.39 is 0 Å². The highest BCUT2D eigenvalue weighted by Gasteiger charge is 2.49. The lowest BCUT2D eigenvalue weighted by Crippen LogP contribution is -2.61. The van der Waals surface area contributed by atoms with Crippen LogP contribution in [0.4, 0.5) is 39.8 Å². The third-order valence-corrected chi connectivity index (χ3v) is 18.2. The molecule has 0 unspecified atom stereocenters. The molecule has 1 aliphatic carbocycles. The molecular formula is C75H82BN3O. The van der Waals surface area contributed by atoms with Crippen LogP contribution in [0, 0.1) is 0 Å². The van der Waals surface area contributed by atoms with E-state index in [9.17, 15) is 0 Å². The Labute approximate surface area is 479 Å². The molecule has 0 bridgehead atoms. The Morgan fingerprint density at radius 3 is 1.64 bits per heavy atom. The van der Waals surface area contributed by atoms with E-state index in [1.54, 1.807) is 0 Å². The summed E-state index contributed by atoms with van der Waals surface area (Å²) in [7, 11) is 0. The fourth-order valence-electron chi connectivity index (χ4n) is 13.1. The summed E-state index contributed by atoms with van der Waals surface area (Å²) < 4.78 is 7.49. The topological polar surface area (TPSA) is 22.9 Å². The van der Waals surface area contributed by atoms with E-state index >= 15 is 0 Å². The first kappa shape index (κ1) is 53.4. The molecule has 80 heavy (non-hydrogen) atoms. The number of para-hydroxylation sites is 1. The van der Waals surface area contributed by atoms with E-state index in [1.807, 2.05) is 0 Å². The molecule has 4 nitrogen and oxygen atoms in total. The van der Waals surface area contributed by atoms with Gasteiger partial charge in [-0.15, -0.1) is 0 Å². The number of rotatable bonds is 7. The van der Waals surface area contributed by atoms with Crippen LogP contribution in [0.5, 0.6) is 0 Å². The molecule has 8 aromatic carbocycles. The normalized spacial score (nSPS) is 15.6. The second-order valence-electron chi connectivity index (χ2n) is 29.0. The van der Waals surface area contributed by atoms with Crippen LogP contribution >= 0.6 is 0 Å². The zero-order valence-electron chi connectivity index (χ0n) is 50.6. The fourth-order valence-corrected chi connectivity index (χ4v) is 13.1. The second kappa shape index (κ2) is 18.7. The number of hydrogen-bond donors (Lipinski definition) is 0. The average molecular weight is 1050 g/mol. The molecule has 0 spiro atoms. The van der Waals surface area contributed by atoms with Gasteiger partial charge in [0.15, 0.2) is 0 Å². The predicted octanol–water partition coefficient (Wildman–Crippen LogP) is 19.7. The maximum Gasteiger partial charge on any atom is 0.375 e. The smallest absolute Gasteiger partial charge is 0.375 e. The van der Waals surface area contributed by atoms with Crippen molar-refractivity contribution in [2.45, 2.75) is 163 Å². The van der Waals surface area contributed by atoms with Gasteiger partial charge in [-0.2, -0.15) is 0 Å². The number of hydrogen-bond acceptors (Lipinski definition) is 4. The van der Waals surface area contributed by atoms with E-state index in [2.05, 4.69) is 295 Å². The maximum atomic E-state index is 7.49. The number of benzene rings is 8. The Morgan fingerprint density at radius 1 is 0.475 bits per heavy atom. The molecule has 0 saturated heterocycles. The Hall–Kier alpha value is -7.24. The van der Waals surface area contributed by atoms with Crippen LogP contribution in [-0.2, 0) is 39.0 Å². The zero-order valence-corrected chi connectivity index (χ0v) is 50.6. The highest BCUT2D eigenvalue weighted by Crippen LogP contribution is 2.53. The minimum absolute atomic E-state index is 0.00643. The Balaban J connectivity index is 1.16. The van der Waals surface area contributed by atoms with Crippen molar-refractivity contribution >= 4 is 68.8 Å². The third-order valence-electron chi connectivity index (χ3n) is 18.2. The molecular weight excluding hydrogens is 970 g/mol. The molecule has 0 radical (unpaired) electrons. The van der Waals surface area contributed by atoms with Gasteiger partial charge in [0.05, 0.1) is 5.69 Å². The molecule has 3 heterocycles. The predicted molar refractivity (Wildman–Crippen MR) is 344 cm³/mol. The van der Waals surface area contributed by atoms with E-state index in [0.29, 0.717) is 6.54 Å². The molecule has 12 rings (SSSR count). The summed E-state index contributed by atoms with van der Waals surface area (Å²) in [6.07, 6.45) is 2.30. The maximum absolute atomic E-state index is 7.49. The zero-order chi connectivity index (χ0) is 56.6. The Morgan fingerprint density at radius 2 is 1.02 bits per heavy atom. The highest BCUT2D eigenvalue weighted by molar-refractivity contribution is 6.93. The molecule has 0 saturated carbocycles. The van der Waals surface area contributed by atoms with Gasteiger partial charge in [0.25, 0.3) is 0 Å². The van der Waals surface area contributed by atoms with E-state index in [4.69, 9.17) is 4.42 Å². The summed E-state index contributed by atoms with van der Waals surface area (Å²) >= 11 is 0. The molecule has 1 aromatic heterocycles. The molecule has 3 aliphatic rings. The van der Waals surface area contributed by atoms with Crippen LogP contribution in [0.2, 0.25) is 0 Å². The van der Waals surface area contributed by atoms with Gasteiger partial charge in [-0.3, -0.25) is 0 Å². The molecule has 9 aromatic rings. The lowest BCUT2D eigenvalue weighted by Gasteiger charge is -2.46. The molecule has 0 atom stereocenters. The largest absolute Gasteiger partial charge is 0.466 e. The summed E-state index contributed by atoms with van der Waals surface area (Å²) in [4.78, 5) is 7.76. The van der Waals surface area contributed by atoms with Crippen molar-refractivity contribution in [2.24, 2.45) is 0 Å². The summed E-state index contributed by atoms with van der Waals surface area (Å²) in [5.74, 6) is 0. The van der Waals surface area contributed by atoms with Gasteiger partial charge in [0.1, 0.15) is 11.2 Å². The lowest BCUT2D eigenvalue weighted by molar-refractivity contribution is 0.332. The van der Waals surface area contributed by atoms with Gasteiger partial charge in [0, 0.05) is 51.6 Å². The molecule has 5 heteroatoms. The molecule has 406 valence electrons. The van der Waals surface area contributed by atoms with Crippen molar-refractivity contribution in [1.82, 2.24) is 0 Å². The van der Waals surface area contributed by atoms with Crippen LogP contribution in [0.25, 0.3) is 33.2 Å². The monoisotopic (exact) mass is 1050 g/mol. The van der Waals surface area contributed by atoms with Gasteiger partial charge >= 0.3 is 6.85 Å². The van der Waals surface area contributed by atoms with Crippen LogP contribution in [0.1, 0.15) is 163 Å². The van der Waals surface area contributed by atoms with Gasteiger partial charge < -0.3 is 19.0 Å². The minimum atomic E-state index is -0.272. The lowest BCUT2D eigenvalue weighted by atomic mass is 9.45. The van der Waals surface area contributed by atoms with Crippen LogP contribution in [0.3, 0.4) is 0 Å². The average Bonchev–Trinajstić information content (AvgIpc) is 3.80. The van der Waals surface area contributed by atoms with Gasteiger partial charge in [0.2, 0.25) is 0 Å². The van der Waals surface area contributed by atoms with E-state index in [-0.39, 0.29) is 39.3 Å². The summed E-state index contributed by atoms with van der Waals surface area (Å²) in [5, 5.41) is 1.13. The fraction of sp³-hybridized carbons (Fsp3) is 0.333. The standard InChI is InChI=1S/C75H82BN3O/c1-70(2,3)50-28-32-54(33-29-50)78(55-34-30-51(31-35-55)71(4,5)6)56-37-39-64-60(45-56)61-43-53(73(10,11)12)44-65-67(61)76(79(64)57-36-38-62-63(46-57)75(15,16)41-40-74(62,13)14)69-68(58-24-20-21-25-66(58)80-69)77(65)47-49-26-27-52(72(7,8)9)42-59(49)48-22-18-17-19-23-48/h17-39,42-46H,40-41,47H2,1-16H3. The van der Waals surface area contributed by atoms with E-state index in [1.165, 1.54) is 83.7 Å². The van der Waals surface area contributed by atoms with Gasteiger partial charge in [-0.25, -0.2) is 0 Å². The second-order valence-corrected chi connectivity index (χ2v) is 29.0. The number of nitrogens with zero attached hydrogens (tertiary/aromatic N) is 3. The Bertz CT molecular complexity index is 3790. The van der Waals surface area contributed by atoms with Crippen molar-refractivity contribution in [2.75, 3.05) is 14.6 Å². The van der Waals surface area contributed by atoms with Crippen molar-refractivity contribution in [1.29, 1.82) is 0 Å². The first-order valence-corrected chi connectivity index (χ1v) is 29.4. The van der Waals surface area contributed by atoms with Crippen LogP contribution < -0.4 is 25.7 Å². The van der Waals surface area contributed by atoms with Gasteiger partial charge in [-0.05, 0) is 179 Å². The van der Waals surface area contributed by atoms with Crippen molar-refractivity contribution in [3.63, 3.8) is 0 Å². The molecule has 0 fully saturated rings. The summed E-state index contributed by atoms with van der Waals surface area (Å²) in [5.41, 5.74) is 25.5. The van der Waals surface area contributed by atoms with Crippen molar-refractivity contribution in [3.8, 4) is 22.3 Å². The number of anilines is 7. The van der Waals surface area contributed by atoms with Crippen molar-refractivity contribution in [3.05, 3.63) is 209 Å². The molecule has 0 N–H and O–H groups in total. The van der Waals surface area contributed by atoms with Crippen LogP contribution in [-0.4, -0.2) is 6.85 Å².